The number of anilines is 1. The molecule has 3 N–H and O–H groups in total. The summed E-state index contributed by atoms with van der Waals surface area (Å²) in [7, 11) is -3.91. The molecule has 0 spiro atoms. The lowest BCUT2D eigenvalue weighted by Gasteiger charge is -2.19. The normalized spacial score (nSPS) is 15.6. The van der Waals surface area contributed by atoms with Crippen LogP contribution in [-0.2, 0) is 10.0 Å². The molecule has 0 heterocycles. The Morgan fingerprint density at radius 2 is 2.14 bits per heavy atom. The number of halogens is 2. The van der Waals surface area contributed by atoms with Gasteiger partial charge >= 0.3 is 0 Å². The highest BCUT2D eigenvalue weighted by Crippen LogP contribution is 2.27. The largest absolute Gasteiger partial charge is 0.399 e. The molecule has 0 atom stereocenters. The number of nitrogen functional groups attached to an aromatic ring is 1. The average Bonchev–Trinajstić information content (AvgIpc) is 3.23. The Hall–Kier alpha value is -0.700. The first-order valence-electron chi connectivity index (χ1n) is 6.83. The van der Waals surface area contributed by atoms with Gasteiger partial charge < -0.3 is 5.73 Å². The van der Waals surface area contributed by atoms with Gasteiger partial charge in [-0.05, 0) is 47.4 Å². The molecular weight excluding hydrogens is 361 g/mol. The molecule has 1 saturated carbocycles. The zero-order valence-corrected chi connectivity index (χ0v) is 14.2. The van der Waals surface area contributed by atoms with Crippen LogP contribution in [0.3, 0.4) is 0 Å². The monoisotopic (exact) mass is 379 g/mol. The average molecular weight is 380 g/mol. The summed E-state index contributed by atoms with van der Waals surface area (Å²) in [5, 5.41) is 0. The Kier molecular flexibility index (Phi) is 5.24. The Morgan fingerprint density at radius 3 is 2.71 bits per heavy atom. The van der Waals surface area contributed by atoms with Crippen LogP contribution in [0.2, 0.25) is 0 Å². The number of rotatable bonds is 7. The maximum Gasteiger partial charge on any atom is 0.243 e. The van der Waals surface area contributed by atoms with Gasteiger partial charge in [-0.25, -0.2) is 17.5 Å². The molecule has 0 amide bonds. The Morgan fingerprint density at radius 1 is 1.48 bits per heavy atom. The third-order valence-corrected chi connectivity index (χ3v) is 5.50. The molecule has 1 aromatic carbocycles. The van der Waals surface area contributed by atoms with Crippen LogP contribution in [-0.4, -0.2) is 39.0 Å². The van der Waals surface area contributed by atoms with E-state index in [1.807, 2.05) is 6.92 Å². The number of nitrogens with zero attached hydrogens (tertiary/aromatic N) is 1. The number of hydrogen-bond donors (Lipinski definition) is 2. The molecule has 0 radical (unpaired) electrons. The van der Waals surface area contributed by atoms with E-state index >= 15 is 0 Å². The van der Waals surface area contributed by atoms with E-state index in [1.54, 1.807) is 0 Å². The van der Waals surface area contributed by atoms with Crippen LogP contribution in [0.5, 0.6) is 0 Å². The second-order valence-corrected chi connectivity index (χ2v) is 7.66. The van der Waals surface area contributed by atoms with Gasteiger partial charge in [-0.1, -0.05) is 6.92 Å². The second-order valence-electron chi connectivity index (χ2n) is 5.07. The lowest BCUT2D eigenvalue weighted by molar-refractivity contribution is 0.282. The number of nitrogens with two attached hydrogens (primary N) is 1. The molecule has 5 nitrogen and oxygen atoms in total. The summed E-state index contributed by atoms with van der Waals surface area (Å²) in [5.74, 6) is -0.828. The standard InChI is InChI=1S/C13H19BrFN3O2S/c1-2-18(10-3-4-10)6-5-17-21(19,20)12-8-9(16)7-11(14)13(12)15/h7-8,10,17H,2-6,16H2,1H3. The molecule has 0 unspecified atom stereocenters. The van der Waals surface area contributed by atoms with E-state index in [2.05, 4.69) is 25.6 Å². The highest BCUT2D eigenvalue weighted by molar-refractivity contribution is 9.10. The predicted molar refractivity (Wildman–Crippen MR) is 84.0 cm³/mol. The second kappa shape index (κ2) is 6.60. The zero-order chi connectivity index (χ0) is 15.6. The minimum atomic E-state index is -3.91. The van der Waals surface area contributed by atoms with Gasteiger partial charge in [-0.2, -0.15) is 0 Å². The van der Waals surface area contributed by atoms with Crippen LogP contribution in [0.1, 0.15) is 19.8 Å². The van der Waals surface area contributed by atoms with Gasteiger partial charge in [0.05, 0.1) is 4.47 Å². The van der Waals surface area contributed by atoms with E-state index in [-0.39, 0.29) is 16.7 Å². The molecule has 1 aliphatic rings. The van der Waals surface area contributed by atoms with Crippen molar-refractivity contribution >= 4 is 31.6 Å². The Bertz CT molecular complexity index is 620. The molecule has 1 aliphatic carbocycles. The molecule has 21 heavy (non-hydrogen) atoms. The van der Waals surface area contributed by atoms with Gasteiger partial charge in [0.1, 0.15) is 4.90 Å². The van der Waals surface area contributed by atoms with Gasteiger partial charge in [-0.3, -0.25) is 4.90 Å². The summed E-state index contributed by atoms with van der Waals surface area (Å²) in [4.78, 5) is 1.79. The molecule has 8 heteroatoms. The molecule has 1 fully saturated rings. The van der Waals surface area contributed by atoms with E-state index in [4.69, 9.17) is 5.73 Å². The van der Waals surface area contributed by atoms with Crippen molar-refractivity contribution in [3.8, 4) is 0 Å². The van der Waals surface area contributed by atoms with Crippen LogP contribution in [0.25, 0.3) is 0 Å². The van der Waals surface area contributed by atoms with Crippen molar-refractivity contribution in [2.75, 3.05) is 25.4 Å². The maximum atomic E-state index is 13.9. The fraction of sp³-hybridized carbons (Fsp3) is 0.538. The zero-order valence-electron chi connectivity index (χ0n) is 11.8. The van der Waals surface area contributed by atoms with Crippen LogP contribution in [0, 0.1) is 5.82 Å². The predicted octanol–water partition coefficient (Wildman–Crippen LogP) is 1.93. The molecular formula is C13H19BrFN3O2S. The first-order chi connectivity index (χ1) is 9.85. The molecule has 0 aliphatic heterocycles. The van der Waals surface area contributed by atoms with Gasteiger partial charge in [-0.15, -0.1) is 0 Å². The van der Waals surface area contributed by atoms with Crippen LogP contribution >= 0.6 is 15.9 Å². The van der Waals surface area contributed by atoms with Crippen molar-refractivity contribution in [2.24, 2.45) is 0 Å². The van der Waals surface area contributed by atoms with E-state index in [1.165, 1.54) is 6.07 Å². The molecule has 1 aromatic rings. The summed E-state index contributed by atoms with van der Waals surface area (Å²) in [5.41, 5.74) is 5.77. The minimum Gasteiger partial charge on any atom is -0.399 e. The highest BCUT2D eigenvalue weighted by atomic mass is 79.9. The van der Waals surface area contributed by atoms with E-state index in [9.17, 15) is 12.8 Å². The fourth-order valence-electron chi connectivity index (χ4n) is 2.22. The van der Waals surface area contributed by atoms with Gasteiger partial charge in [0.15, 0.2) is 5.82 Å². The van der Waals surface area contributed by atoms with Crippen molar-refractivity contribution in [2.45, 2.75) is 30.7 Å². The Balaban J connectivity index is 2.04. The summed E-state index contributed by atoms with van der Waals surface area (Å²) >= 11 is 2.96. The van der Waals surface area contributed by atoms with Gasteiger partial charge in [0.25, 0.3) is 0 Å². The topological polar surface area (TPSA) is 75.4 Å². The first-order valence-corrected chi connectivity index (χ1v) is 9.11. The quantitative estimate of drug-likeness (QED) is 0.709. The molecule has 0 saturated heterocycles. The summed E-state index contributed by atoms with van der Waals surface area (Å²) in [6.45, 7) is 3.79. The lowest BCUT2D eigenvalue weighted by Crippen LogP contribution is -2.36. The van der Waals surface area contributed by atoms with Crippen molar-refractivity contribution in [3.63, 3.8) is 0 Å². The highest BCUT2D eigenvalue weighted by Gasteiger charge is 2.28. The lowest BCUT2D eigenvalue weighted by atomic mass is 10.3. The van der Waals surface area contributed by atoms with E-state index < -0.39 is 20.7 Å². The molecule has 118 valence electrons. The summed E-state index contributed by atoms with van der Waals surface area (Å²) in [6.07, 6.45) is 2.33. The minimum absolute atomic E-state index is 0.0380. The first kappa shape index (κ1) is 16.7. The number of sulfonamides is 1. The van der Waals surface area contributed by atoms with Crippen molar-refractivity contribution < 1.29 is 12.8 Å². The van der Waals surface area contributed by atoms with Gasteiger partial charge in [0, 0.05) is 24.8 Å². The SMILES string of the molecule is CCN(CCNS(=O)(=O)c1cc(N)cc(Br)c1F)C1CC1. The smallest absolute Gasteiger partial charge is 0.243 e. The third kappa shape index (κ3) is 4.15. The summed E-state index contributed by atoms with van der Waals surface area (Å²) in [6, 6.07) is 3.03. The van der Waals surface area contributed by atoms with Crippen LogP contribution < -0.4 is 10.5 Å². The van der Waals surface area contributed by atoms with Crippen molar-refractivity contribution in [1.29, 1.82) is 0 Å². The third-order valence-electron chi connectivity index (χ3n) is 3.47. The van der Waals surface area contributed by atoms with Crippen molar-refractivity contribution in [1.82, 2.24) is 9.62 Å². The molecule has 0 bridgehead atoms. The number of benzene rings is 1. The van der Waals surface area contributed by atoms with Gasteiger partial charge in [0.2, 0.25) is 10.0 Å². The number of hydrogen-bond acceptors (Lipinski definition) is 4. The van der Waals surface area contributed by atoms with Crippen molar-refractivity contribution in [3.05, 3.63) is 22.4 Å². The van der Waals surface area contributed by atoms with Crippen LogP contribution in [0.15, 0.2) is 21.5 Å². The number of nitrogens with one attached hydrogen (secondary N) is 1. The molecule has 0 aromatic heterocycles. The maximum absolute atomic E-state index is 13.9. The van der Waals surface area contributed by atoms with E-state index in [0.717, 1.165) is 25.5 Å². The fourth-order valence-corrected chi connectivity index (χ4v) is 3.98. The Labute approximate surface area is 132 Å². The van der Waals surface area contributed by atoms with Crippen LogP contribution in [0.4, 0.5) is 10.1 Å². The summed E-state index contributed by atoms with van der Waals surface area (Å²) < 4.78 is 40.7. The molecule has 2 rings (SSSR count). The number of likely N-dealkylation sites (N-methyl/N-ethyl adjacent to an activating group) is 1. The van der Waals surface area contributed by atoms with E-state index in [0.29, 0.717) is 12.6 Å².